The van der Waals surface area contributed by atoms with E-state index in [9.17, 15) is 4.79 Å². The van der Waals surface area contributed by atoms with Crippen LogP contribution in [-0.2, 0) is 6.42 Å². The Labute approximate surface area is 175 Å². The molecule has 6 heteroatoms. The van der Waals surface area contributed by atoms with Crippen LogP contribution in [0.2, 0.25) is 0 Å². The fraction of sp³-hybridized carbons (Fsp3) is 0.261. The van der Waals surface area contributed by atoms with E-state index >= 15 is 0 Å². The summed E-state index contributed by atoms with van der Waals surface area (Å²) in [6, 6.07) is 21.1. The van der Waals surface area contributed by atoms with E-state index in [4.69, 9.17) is 4.42 Å². The third-order valence-electron chi connectivity index (χ3n) is 5.68. The van der Waals surface area contributed by atoms with Crippen molar-refractivity contribution in [3.8, 4) is 0 Å². The maximum Gasteiger partial charge on any atom is 0.417 e. The van der Waals surface area contributed by atoms with Crippen molar-refractivity contribution in [2.45, 2.75) is 6.42 Å². The number of rotatable bonds is 4. The molecule has 2 heterocycles. The van der Waals surface area contributed by atoms with E-state index in [1.165, 1.54) is 22.0 Å². The Balaban J connectivity index is 0.00000205. The lowest BCUT2D eigenvalue weighted by molar-refractivity contribution is 0.261. The zero-order valence-corrected chi connectivity index (χ0v) is 17.0. The molecule has 0 unspecified atom stereocenters. The summed E-state index contributed by atoms with van der Waals surface area (Å²) in [6.07, 6.45) is 0.957. The van der Waals surface area contributed by atoms with Gasteiger partial charge in [-0.3, -0.25) is 9.88 Å². The van der Waals surface area contributed by atoms with Gasteiger partial charge in [0.05, 0.1) is 5.52 Å². The van der Waals surface area contributed by atoms with E-state index in [1.54, 1.807) is 0 Å². The largest absolute Gasteiger partial charge is 0.417 e. The van der Waals surface area contributed by atoms with Gasteiger partial charge in [-0.15, -0.1) is 12.4 Å². The number of hydrogen-bond acceptors (Lipinski definition) is 4. The van der Waals surface area contributed by atoms with Crippen LogP contribution in [0, 0.1) is 0 Å². The molecule has 0 spiro atoms. The van der Waals surface area contributed by atoms with Crippen molar-refractivity contribution < 1.29 is 4.42 Å². The van der Waals surface area contributed by atoms with Gasteiger partial charge in [-0.1, -0.05) is 42.5 Å². The average Bonchev–Trinajstić information content (AvgIpc) is 3.11. The number of anilines is 1. The quantitative estimate of drug-likeness (QED) is 0.552. The summed E-state index contributed by atoms with van der Waals surface area (Å²) in [7, 11) is 0. The Kier molecular flexibility index (Phi) is 5.60. The Hall–Kier alpha value is -2.76. The maximum absolute atomic E-state index is 11.3. The lowest BCUT2D eigenvalue weighted by Crippen LogP contribution is -2.47. The molecule has 1 aromatic heterocycles. The van der Waals surface area contributed by atoms with E-state index in [2.05, 4.69) is 63.3 Å². The van der Waals surface area contributed by atoms with Gasteiger partial charge in [0.2, 0.25) is 0 Å². The Morgan fingerprint density at radius 3 is 2.59 bits per heavy atom. The topological polar surface area (TPSA) is 52.5 Å². The van der Waals surface area contributed by atoms with E-state index in [1.807, 2.05) is 12.1 Å². The number of piperazine rings is 1. The molecule has 0 bridgehead atoms. The molecule has 1 saturated heterocycles. The number of halogens is 1. The summed E-state index contributed by atoms with van der Waals surface area (Å²) < 4.78 is 5.17. The predicted octanol–water partition coefficient (Wildman–Crippen LogP) is 4.06. The lowest BCUT2D eigenvalue weighted by Gasteiger charge is -2.36. The van der Waals surface area contributed by atoms with Crippen molar-refractivity contribution in [1.29, 1.82) is 0 Å². The van der Waals surface area contributed by atoms with Gasteiger partial charge >= 0.3 is 5.76 Å². The molecule has 0 amide bonds. The number of nitrogens with zero attached hydrogens (tertiary/aromatic N) is 2. The first-order chi connectivity index (χ1) is 13.8. The molecule has 1 fully saturated rings. The van der Waals surface area contributed by atoms with E-state index < -0.39 is 5.76 Å². The van der Waals surface area contributed by atoms with Crippen LogP contribution in [0.25, 0.3) is 21.9 Å². The second-order valence-electron chi connectivity index (χ2n) is 7.42. The minimum Gasteiger partial charge on any atom is -0.408 e. The first-order valence-corrected chi connectivity index (χ1v) is 9.83. The third-order valence-corrected chi connectivity index (χ3v) is 5.68. The summed E-state index contributed by atoms with van der Waals surface area (Å²) in [4.78, 5) is 19.0. The number of hydrogen-bond donors (Lipinski definition) is 1. The van der Waals surface area contributed by atoms with Gasteiger partial charge in [-0.05, 0) is 35.6 Å². The van der Waals surface area contributed by atoms with Crippen LogP contribution in [0.5, 0.6) is 0 Å². The number of oxazole rings is 1. The number of aromatic nitrogens is 1. The van der Waals surface area contributed by atoms with E-state index in [-0.39, 0.29) is 12.4 Å². The van der Waals surface area contributed by atoms with Crippen LogP contribution >= 0.6 is 12.4 Å². The standard InChI is InChI=1S/C23H23N3O2.ClH/c27-23-24-20-9-8-17(16-22(20)28-23)10-11-25-12-14-26(15-13-25)21-7-3-5-18-4-1-2-6-19(18)21;/h1-9,16H,10-15H2,(H,24,27);1H. The molecule has 0 radical (unpaired) electrons. The van der Waals surface area contributed by atoms with Crippen LogP contribution in [0.15, 0.2) is 69.9 Å². The number of nitrogens with one attached hydrogen (secondary N) is 1. The summed E-state index contributed by atoms with van der Waals surface area (Å²) in [5.41, 5.74) is 3.94. The van der Waals surface area contributed by atoms with Crippen molar-refractivity contribution in [3.63, 3.8) is 0 Å². The molecule has 29 heavy (non-hydrogen) atoms. The Bertz CT molecular complexity index is 1170. The zero-order chi connectivity index (χ0) is 18.9. The molecule has 150 valence electrons. The highest BCUT2D eigenvalue weighted by Crippen LogP contribution is 2.27. The molecule has 1 aliphatic rings. The third kappa shape index (κ3) is 4.02. The molecular formula is C23H24ClN3O2. The average molecular weight is 410 g/mol. The van der Waals surface area contributed by atoms with Crippen LogP contribution in [-0.4, -0.2) is 42.6 Å². The molecule has 0 atom stereocenters. The van der Waals surface area contributed by atoms with Crippen LogP contribution in [0.4, 0.5) is 5.69 Å². The molecule has 1 aliphatic heterocycles. The van der Waals surface area contributed by atoms with Crippen molar-refractivity contribution in [1.82, 2.24) is 9.88 Å². The molecule has 4 aromatic rings. The Morgan fingerprint density at radius 1 is 0.931 bits per heavy atom. The normalized spacial score (nSPS) is 15.0. The first-order valence-electron chi connectivity index (χ1n) is 9.83. The highest BCUT2D eigenvalue weighted by molar-refractivity contribution is 5.94. The summed E-state index contributed by atoms with van der Waals surface area (Å²) in [6.45, 7) is 5.22. The van der Waals surface area contributed by atoms with Gasteiger partial charge in [0.1, 0.15) is 0 Å². The van der Waals surface area contributed by atoms with Crippen LogP contribution in [0.3, 0.4) is 0 Å². The second-order valence-corrected chi connectivity index (χ2v) is 7.42. The smallest absolute Gasteiger partial charge is 0.408 e. The second kappa shape index (κ2) is 8.31. The highest BCUT2D eigenvalue weighted by Gasteiger charge is 2.18. The molecule has 0 aliphatic carbocycles. The highest BCUT2D eigenvalue weighted by atomic mass is 35.5. The van der Waals surface area contributed by atoms with E-state index in [0.29, 0.717) is 5.58 Å². The van der Waals surface area contributed by atoms with Crippen molar-refractivity contribution >= 4 is 40.0 Å². The van der Waals surface area contributed by atoms with Crippen molar-refractivity contribution in [3.05, 3.63) is 76.8 Å². The molecule has 5 rings (SSSR count). The monoisotopic (exact) mass is 409 g/mol. The maximum atomic E-state index is 11.3. The van der Waals surface area contributed by atoms with Crippen molar-refractivity contribution in [2.75, 3.05) is 37.6 Å². The van der Waals surface area contributed by atoms with Crippen LogP contribution < -0.4 is 10.7 Å². The Morgan fingerprint density at radius 2 is 1.72 bits per heavy atom. The van der Waals surface area contributed by atoms with Crippen molar-refractivity contribution in [2.24, 2.45) is 0 Å². The minimum atomic E-state index is -0.392. The van der Waals surface area contributed by atoms with Gasteiger partial charge in [-0.25, -0.2) is 4.79 Å². The first kappa shape index (κ1) is 19.6. The lowest BCUT2D eigenvalue weighted by atomic mass is 10.1. The van der Waals surface area contributed by atoms with Gasteiger partial charge in [0.15, 0.2) is 5.58 Å². The van der Waals surface area contributed by atoms with Gasteiger partial charge in [-0.2, -0.15) is 0 Å². The fourth-order valence-electron chi connectivity index (χ4n) is 4.13. The summed E-state index contributed by atoms with van der Waals surface area (Å²) in [5.74, 6) is -0.392. The number of benzene rings is 3. The van der Waals surface area contributed by atoms with E-state index in [0.717, 1.165) is 44.7 Å². The summed E-state index contributed by atoms with van der Waals surface area (Å²) in [5, 5.41) is 2.63. The van der Waals surface area contributed by atoms with Gasteiger partial charge in [0.25, 0.3) is 0 Å². The number of H-pyrrole nitrogens is 1. The van der Waals surface area contributed by atoms with Crippen LogP contribution in [0.1, 0.15) is 5.56 Å². The predicted molar refractivity (Wildman–Crippen MR) is 120 cm³/mol. The molecule has 5 nitrogen and oxygen atoms in total. The fourth-order valence-corrected chi connectivity index (χ4v) is 4.13. The molecule has 0 saturated carbocycles. The molecule has 1 N–H and O–H groups in total. The molecule has 3 aromatic carbocycles. The number of fused-ring (bicyclic) bond motifs is 2. The van der Waals surface area contributed by atoms with Gasteiger partial charge in [0, 0.05) is 43.8 Å². The minimum absolute atomic E-state index is 0. The number of aromatic amines is 1. The van der Waals surface area contributed by atoms with Gasteiger partial charge < -0.3 is 9.32 Å². The SMILES string of the molecule is Cl.O=c1[nH]c2ccc(CCN3CCN(c4cccc5ccccc45)CC3)cc2o1. The zero-order valence-electron chi connectivity index (χ0n) is 16.1. The summed E-state index contributed by atoms with van der Waals surface area (Å²) >= 11 is 0. The molecular weight excluding hydrogens is 386 g/mol.